The smallest absolute Gasteiger partial charge is 0.332 e. The first-order chi connectivity index (χ1) is 9.50. The van der Waals surface area contributed by atoms with Gasteiger partial charge in [0, 0.05) is 59.1 Å². The zero-order chi connectivity index (χ0) is 14.7. The van der Waals surface area contributed by atoms with Crippen molar-refractivity contribution in [3.8, 4) is 0 Å². The second-order valence-electron chi connectivity index (χ2n) is 5.92. The van der Waals surface area contributed by atoms with Gasteiger partial charge in [-0.3, -0.25) is 0 Å². The minimum Gasteiger partial charge on any atom is -0.478 e. The largest absolute Gasteiger partial charge is 0.478 e. The van der Waals surface area contributed by atoms with Crippen molar-refractivity contribution in [3.63, 3.8) is 0 Å². The molecule has 2 aliphatic carbocycles. The zero-order valence-corrected chi connectivity index (χ0v) is 17.5. The quantitative estimate of drug-likeness (QED) is 0.536. The Morgan fingerprint density at radius 1 is 0.682 bits per heavy atom. The Morgan fingerprint density at radius 2 is 1.05 bits per heavy atom. The van der Waals surface area contributed by atoms with Crippen molar-refractivity contribution < 1.29 is 24.9 Å². The molecule has 0 atom stereocenters. The first kappa shape index (κ1) is 22.6. The minimum atomic E-state index is -1.10. The van der Waals surface area contributed by atoms with Crippen LogP contribution < -0.4 is 0 Å². The monoisotopic (exact) mass is 328 g/mol. The first-order valence-corrected chi connectivity index (χ1v) is 7.39. The molecule has 0 unspecified atom stereocenters. The Kier molecular flexibility index (Phi) is 10.8. The maximum absolute atomic E-state index is 11.6. The standard InChI is InChI=1S/C15H22O5.2Na/c16-11-7-5-10(6-8-11)13(15(19)20)12(14(17)18)9-3-1-2-4-9;;/h9-11,16H,1-8H2,(H,17,18)(H,19,20);;/b13-12-;;. The second kappa shape index (κ2) is 10.5. The van der Waals surface area contributed by atoms with Crippen LogP contribution in [0, 0.1) is 11.8 Å². The summed E-state index contributed by atoms with van der Waals surface area (Å²) in [6.45, 7) is 0. The van der Waals surface area contributed by atoms with Gasteiger partial charge in [-0.25, -0.2) is 9.59 Å². The van der Waals surface area contributed by atoms with E-state index in [1.165, 1.54) is 0 Å². The van der Waals surface area contributed by atoms with Crippen LogP contribution in [0.1, 0.15) is 51.4 Å². The Hall–Kier alpha value is 0.640. The van der Waals surface area contributed by atoms with Crippen LogP contribution >= 0.6 is 0 Å². The van der Waals surface area contributed by atoms with Crippen LogP contribution in [0.5, 0.6) is 0 Å². The molecule has 22 heavy (non-hydrogen) atoms. The van der Waals surface area contributed by atoms with Gasteiger partial charge in [-0.2, -0.15) is 0 Å². The predicted molar refractivity (Wildman–Crippen MR) is 83.7 cm³/mol. The molecular formula is C15H22Na2O5. The number of carboxylic acid groups (broad SMARTS) is 2. The van der Waals surface area contributed by atoms with Crippen molar-refractivity contribution >= 4 is 71.1 Å². The summed E-state index contributed by atoms with van der Waals surface area (Å²) in [6.07, 6.45) is 5.34. The van der Waals surface area contributed by atoms with Crippen molar-refractivity contribution in [3.05, 3.63) is 11.1 Å². The Labute approximate surface area is 175 Å². The zero-order valence-electron chi connectivity index (χ0n) is 13.5. The fourth-order valence-corrected chi connectivity index (χ4v) is 3.60. The SMILES string of the molecule is O=C(O)/C(=C(\C(=O)O)C1CCC(O)CC1)C1CCCC1.[Na].[Na]. The summed E-state index contributed by atoms with van der Waals surface area (Å²) in [7, 11) is 0. The summed E-state index contributed by atoms with van der Waals surface area (Å²) in [5.74, 6) is -2.54. The molecule has 3 N–H and O–H groups in total. The molecule has 0 aromatic heterocycles. The molecule has 0 aromatic rings. The number of hydrogen-bond acceptors (Lipinski definition) is 3. The molecule has 114 valence electrons. The minimum absolute atomic E-state index is 0. The molecule has 0 bridgehead atoms. The second-order valence-corrected chi connectivity index (χ2v) is 5.92. The average molecular weight is 328 g/mol. The molecule has 2 fully saturated rings. The van der Waals surface area contributed by atoms with E-state index in [9.17, 15) is 24.9 Å². The number of aliphatic carboxylic acids is 2. The molecule has 2 rings (SSSR count). The van der Waals surface area contributed by atoms with Crippen LogP contribution in [0.4, 0.5) is 0 Å². The Balaban J connectivity index is 0.00000220. The van der Waals surface area contributed by atoms with Crippen LogP contribution in [-0.4, -0.2) is 92.5 Å². The summed E-state index contributed by atoms with van der Waals surface area (Å²) in [6, 6.07) is 0. The van der Waals surface area contributed by atoms with Gasteiger partial charge in [-0.15, -0.1) is 0 Å². The molecule has 2 radical (unpaired) electrons. The van der Waals surface area contributed by atoms with Gasteiger partial charge in [0.15, 0.2) is 0 Å². The molecule has 5 nitrogen and oxygen atoms in total. The van der Waals surface area contributed by atoms with Crippen LogP contribution in [0.25, 0.3) is 0 Å². The van der Waals surface area contributed by atoms with E-state index >= 15 is 0 Å². The number of carbonyl (C=O) groups is 2. The van der Waals surface area contributed by atoms with Crippen molar-refractivity contribution in [1.29, 1.82) is 0 Å². The van der Waals surface area contributed by atoms with Gasteiger partial charge in [0.1, 0.15) is 0 Å². The van der Waals surface area contributed by atoms with Crippen molar-refractivity contribution in [1.82, 2.24) is 0 Å². The molecule has 0 aliphatic heterocycles. The number of rotatable bonds is 4. The van der Waals surface area contributed by atoms with Gasteiger partial charge in [0.05, 0.1) is 17.3 Å². The van der Waals surface area contributed by atoms with Crippen LogP contribution in [-0.2, 0) is 9.59 Å². The summed E-state index contributed by atoms with van der Waals surface area (Å²) in [5, 5.41) is 28.5. The topological polar surface area (TPSA) is 94.8 Å². The van der Waals surface area contributed by atoms with Crippen molar-refractivity contribution in [2.75, 3.05) is 0 Å². The molecule has 0 amide bonds. The summed E-state index contributed by atoms with van der Waals surface area (Å²) in [5.41, 5.74) is 0.215. The number of aliphatic hydroxyl groups is 1. The van der Waals surface area contributed by atoms with E-state index in [1.54, 1.807) is 0 Å². The van der Waals surface area contributed by atoms with E-state index in [4.69, 9.17) is 0 Å². The predicted octanol–water partition coefficient (Wildman–Crippen LogP) is 1.43. The maximum Gasteiger partial charge on any atom is 0.332 e. The van der Waals surface area contributed by atoms with Gasteiger partial charge in [-0.1, -0.05) is 12.8 Å². The fraction of sp³-hybridized carbons (Fsp3) is 0.733. The van der Waals surface area contributed by atoms with Crippen LogP contribution in [0.15, 0.2) is 11.1 Å². The summed E-state index contributed by atoms with van der Waals surface area (Å²) < 4.78 is 0. The van der Waals surface area contributed by atoms with Gasteiger partial charge in [-0.05, 0) is 50.4 Å². The van der Waals surface area contributed by atoms with E-state index in [1.807, 2.05) is 0 Å². The third kappa shape index (κ3) is 5.62. The average Bonchev–Trinajstić information content (AvgIpc) is 2.89. The molecule has 0 aromatic carbocycles. The first-order valence-electron chi connectivity index (χ1n) is 7.39. The van der Waals surface area contributed by atoms with E-state index in [2.05, 4.69) is 0 Å². The van der Waals surface area contributed by atoms with E-state index in [-0.39, 0.29) is 88.2 Å². The molecule has 0 heterocycles. The Morgan fingerprint density at radius 3 is 1.41 bits per heavy atom. The molecular weight excluding hydrogens is 306 g/mol. The van der Waals surface area contributed by atoms with Gasteiger partial charge in [0.2, 0.25) is 0 Å². The third-order valence-electron chi connectivity index (χ3n) is 4.62. The molecule has 0 spiro atoms. The van der Waals surface area contributed by atoms with Gasteiger partial charge < -0.3 is 15.3 Å². The molecule has 2 aliphatic rings. The number of hydrogen-bond donors (Lipinski definition) is 3. The van der Waals surface area contributed by atoms with E-state index < -0.39 is 11.9 Å². The van der Waals surface area contributed by atoms with Crippen molar-refractivity contribution in [2.45, 2.75) is 57.5 Å². The number of aliphatic hydroxyl groups excluding tert-OH is 1. The van der Waals surface area contributed by atoms with E-state index in [0.717, 1.165) is 25.7 Å². The van der Waals surface area contributed by atoms with Gasteiger partial charge >= 0.3 is 11.9 Å². The number of carboxylic acids is 2. The fourth-order valence-electron chi connectivity index (χ4n) is 3.60. The molecule has 2 saturated carbocycles. The molecule has 0 saturated heterocycles. The molecule has 7 heteroatoms. The maximum atomic E-state index is 11.6. The third-order valence-corrected chi connectivity index (χ3v) is 4.62. The van der Waals surface area contributed by atoms with E-state index in [0.29, 0.717) is 25.7 Å². The summed E-state index contributed by atoms with van der Waals surface area (Å²) in [4.78, 5) is 23.2. The Bertz CT molecular complexity index is 422. The normalized spacial score (nSPS) is 26.4. The van der Waals surface area contributed by atoms with Gasteiger partial charge in [0.25, 0.3) is 0 Å². The summed E-state index contributed by atoms with van der Waals surface area (Å²) >= 11 is 0. The van der Waals surface area contributed by atoms with Crippen LogP contribution in [0.3, 0.4) is 0 Å². The van der Waals surface area contributed by atoms with Crippen molar-refractivity contribution in [2.24, 2.45) is 11.8 Å². The van der Waals surface area contributed by atoms with Crippen LogP contribution in [0.2, 0.25) is 0 Å².